The summed E-state index contributed by atoms with van der Waals surface area (Å²) in [5.74, 6) is -6.33. The van der Waals surface area contributed by atoms with Crippen molar-refractivity contribution < 1.29 is 22.8 Å². The minimum Gasteiger partial charge on any atom is -0.350 e. The van der Waals surface area contributed by atoms with E-state index in [0.717, 1.165) is 6.07 Å². The Kier molecular flexibility index (Phi) is 5.81. The SMILES string of the molecule is O=C(CNC(=O)c1ccc(F)c(F)c1F)NCc1ccccc1Cl. The standard InChI is InChI=1S/C16H12ClF3N2O2/c17-11-4-2-1-3-9(11)7-21-13(23)8-22-16(24)10-5-6-12(18)15(20)14(10)19/h1-6H,7-8H2,(H,21,23)(H,22,24). The molecule has 126 valence electrons. The topological polar surface area (TPSA) is 58.2 Å². The van der Waals surface area contributed by atoms with E-state index in [1.54, 1.807) is 24.3 Å². The van der Waals surface area contributed by atoms with Gasteiger partial charge in [-0.25, -0.2) is 13.2 Å². The molecular weight excluding hydrogens is 345 g/mol. The van der Waals surface area contributed by atoms with E-state index in [4.69, 9.17) is 11.6 Å². The summed E-state index contributed by atoms with van der Waals surface area (Å²) in [7, 11) is 0. The number of hydrogen-bond acceptors (Lipinski definition) is 2. The zero-order valence-electron chi connectivity index (χ0n) is 12.2. The summed E-state index contributed by atoms with van der Waals surface area (Å²) >= 11 is 5.93. The van der Waals surface area contributed by atoms with Gasteiger partial charge in [-0.05, 0) is 23.8 Å². The van der Waals surface area contributed by atoms with Crippen LogP contribution in [0.25, 0.3) is 0 Å². The van der Waals surface area contributed by atoms with Crippen molar-refractivity contribution in [1.29, 1.82) is 0 Å². The molecule has 0 aliphatic carbocycles. The number of nitrogens with one attached hydrogen (secondary N) is 2. The van der Waals surface area contributed by atoms with Crippen LogP contribution in [0, 0.1) is 17.5 Å². The van der Waals surface area contributed by atoms with Gasteiger partial charge >= 0.3 is 0 Å². The number of carbonyl (C=O) groups excluding carboxylic acids is 2. The Labute approximate surface area is 140 Å². The van der Waals surface area contributed by atoms with Gasteiger partial charge in [0.2, 0.25) is 5.91 Å². The molecule has 0 unspecified atom stereocenters. The number of benzene rings is 2. The molecule has 4 nitrogen and oxygen atoms in total. The molecular formula is C16H12ClF3N2O2. The van der Waals surface area contributed by atoms with Gasteiger partial charge in [0.1, 0.15) is 0 Å². The summed E-state index contributed by atoms with van der Waals surface area (Å²) in [4.78, 5) is 23.4. The summed E-state index contributed by atoms with van der Waals surface area (Å²) in [6, 6.07) is 8.30. The van der Waals surface area contributed by atoms with Crippen molar-refractivity contribution in [3.05, 3.63) is 70.0 Å². The third-order valence-corrected chi connectivity index (χ3v) is 3.49. The first kappa shape index (κ1) is 17.8. The van der Waals surface area contributed by atoms with Gasteiger partial charge in [0.25, 0.3) is 5.91 Å². The molecule has 2 aromatic carbocycles. The summed E-state index contributed by atoms with van der Waals surface area (Å²) in [6.45, 7) is -0.310. The molecule has 0 atom stereocenters. The number of halogens is 4. The Balaban J connectivity index is 1.89. The Morgan fingerprint density at radius 2 is 1.67 bits per heavy atom. The zero-order chi connectivity index (χ0) is 17.7. The largest absolute Gasteiger partial charge is 0.350 e. The molecule has 0 aromatic heterocycles. The van der Waals surface area contributed by atoms with Gasteiger partial charge in [-0.2, -0.15) is 0 Å². The lowest BCUT2D eigenvalue weighted by Crippen LogP contribution is -2.37. The van der Waals surface area contributed by atoms with Crippen LogP contribution < -0.4 is 10.6 Å². The maximum atomic E-state index is 13.5. The third kappa shape index (κ3) is 4.26. The number of carbonyl (C=O) groups is 2. The van der Waals surface area contributed by atoms with Gasteiger partial charge in [-0.3, -0.25) is 9.59 Å². The molecule has 0 heterocycles. The van der Waals surface area contributed by atoms with Crippen LogP contribution in [0.4, 0.5) is 13.2 Å². The Morgan fingerprint density at radius 3 is 2.38 bits per heavy atom. The fourth-order valence-electron chi connectivity index (χ4n) is 1.86. The lowest BCUT2D eigenvalue weighted by atomic mass is 10.2. The smallest absolute Gasteiger partial charge is 0.254 e. The average Bonchev–Trinajstić information content (AvgIpc) is 2.57. The zero-order valence-corrected chi connectivity index (χ0v) is 13.0. The Morgan fingerprint density at radius 1 is 0.958 bits per heavy atom. The van der Waals surface area contributed by atoms with Gasteiger partial charge in [-0.15, -0.1) is 0 Å². The summed E-state index contributed by atoms with van der Waals surface area (Å²) < 4.78 is 39.3. The second-order valence-electron chi connectivity index (χ2n) is 4.77. The molecule has 0 spiro atoms. The minimum atomic E-state index is -1.74. The van der Waals surface area contributed by atoms with E-state index in [-0.39, 0.29) is 6.54 Å². The molecule has 0 radical (unpaired) electrons. The van der Waals surface area contributed by atoms with Gasteiger partial charge in [0.05, 0.1) is 12.1 Å². The van der Waals surface area contributed by atoms with Crippen LogP contribution in [0.2, 0.25) is 5.02 Å². The van der Waals surface area contributed by atoms with E-state index in [1.165, 1.54) is 0 Å². The number of amides is 2. The molecule has 0 aliphatic rings. The molecule has 0 saturated carbocycles. The highest BCUT2D eigenvalue weighted by atomic mass is 35.5. The van der Waals surface area contributed by atoms with Crippen molar-refractivity contribution in [1.82, 2.24) is 10.6 Å². The number of hydrogen-bond donors (Lipinski definition) is 2. The maximum Gasteiger partial charge on any atom is 0.254 e. The van der Waals surface area contributed by atoms with Crippen molar-refractivity contribution in [2.24, 2.45) is 0 Å². The summed E-state index contributed by atoms with van der Waals surface area (Å²) in [5.41, 5.74) is -0.00158. The van der Waals surface area contributed by atoms with Gasteiger partial charge in [-0.1, -0.05) is 29.8 Å². The van der Waals surface area contributed by atoms with Crippen molar-refractivity contribution >= 4 is 23.4 Å². The fraction of sp³-hybridized carbons (Fsp3) is 0.125. The lowest BCUT2D eigenvalue weighted by molar-refractivity contribution is -0.120. The molecule has 8 heteroatoms. The molecule has 2 aromatic rings. The first-order chi connectivity index (χ1) is 11.4. The molecule has 2 N–H and O–H groups in total. The van der Waals surface area contributed by atoms with Gasteiger partial charge in [0.15, 0.2) is 17.5 Å². The normalized spacial score (nSPS) is 10.3. The van der Waals surface area contributed by atoms with E-state index in [1.807, 2.05) is 0 Å². The van der Waals surface area contributed by atoms with Crippen LogP contribution in [-0.4, -0.2) is 18.4 Å². The van der Waals surface area contributed by atoms with Crippen LogP contribution in [0.5, 0.6) is 0 Å². The average molecular weight is 357 g/mol. The van der Waals surface area contributed by atoms with Crippen molar-refractivity contribution in [3.8, 4) is 0 Å². The Bertz CT molecular complexity index is 784. The molecule has 0 aliphatic heterocycles. The maximum absolute atomic E-state index is 13.5. The summed E-state index contributed by atoms with van der Waals surface area (Å²) in [6.07, 6.45) is 0. The highest BCUT2D eigenvalue weighted by molar-refractivity contribution is 6.31. The van der Waals surface area contributed by atoms with E-state index >= 15 is 0 Å². The first-order valence-electron chi connectivity index (χ1n) is 6.82. The highest BCUT2D eigenvalue weighted by Gasteiger charge is 2.19. The van der Waals surface area contributed by atoms with Gasteiger partial charge in [0, 0.05) is 11.6 Å². The van der Waals surface area contributed by atoms with Crippen LogP contribution in [0.1, 0.15) is 15.9 Å². The van der Waals surface area contributed by atoms with E-state index < -0.39 is 41.4 Å². The summed E-state index contributed by atoms with van der Waals surface area (Å²) in [5, 5.41) is 5.12. The minimum absolute atomic E-state index is 0.147. The van der Waals surface area contributed by atoms with Gasteiger partial charge < -0.3 is 10.6 Å². The molecule has 0 bridgehead atoms. The van der Waals surface area contributed by atoms with E-state index in [2.05, 4.69) is 10.6 Å². The second kappa shape index (κ2) is 7.83. The van der Waals surface area contributed by atoms with Crippen LogP contribution in [0.15, 0.2) is 36.4 Å². The van der Waals surface area contributed by atoms with Crippen molar-refractivity contribution in [3.63, 3.8) is 0 Å². The lowest BCUT2D eigenvalue weighted by Gasteiger charge is -2.09. The van der Waals surface area contributed by atoms with Crippen LogP contribution >= 0.6 is 11.6 Å². The molecule has 2 amide bonds. The monoisotopic (exact) mass is 356 g/mol. The predicted molar refractivity (Wildman–Crippen MR) is 81.9 cm³/mol. The molecule has 0 fully saturated rings. The van der Waals surface area contributed by atoms with E-state index in [9.17, 15) is 22.8 Å². The molecule has 24 heavy (non-hydrogen) atoms. The fourth-order valence-corrected chi connectivity index (χ4v) is 2.06. The quantitative estimate of drug-likeness (QED) is 0.809. The predicted octanol–water partition coefficient (Wildman–Crippen LogP) is 2.80. The molecule has 0 saturated heterocycles. The second-order valence-corrected chi connectivity index (χ2v) is 5.18. The third-order valence-electron chi connectivity index (χ3n) is 3.12. The van der Waals surface area contributed by atoms with Crippen molar-refractivity contribution in [2.75, 3.05) is 6.54 Å². The number of rotatable bonds is 5. The van der Waals surface area contributed by atoms with Crippen molar-refractivity contribution in [2.45, 2.75) is 6.54 Å². The first-order valence-corrected chi connectivity index (χ1v) is 7.19. The van der Waals surface area contributed by atoms with Crippen LogP contribution in [0.3, 0.4) is 0 Å². The van der Waals surface area contributed by atoms with Crippen LogP contribution in [-0.2, 0) is 11.3 Å². The molecule has 2 rings (SSSR count). The van der Waals surface area contributed by atoms with E-state index in [0.29, 0.717) is 16.7 Å². The highest BCUT2D eigenvalue weighted by Crippen LogP contribution is 2.15. The Hall–Kier alpha value is -2.54.